The highest BCUT2D eigenvalue weighted by molar-refractivity contribution is 8.18. The highest BCUT2D eigenvalue weighted by atomic mass is 35.5. The summed E-state index contributed by atoms with van der Waals surface area (Å²) in [4.78, 5) is 21.6. The molecule has 0 N–H and O–H groups in total. The maximum Gasteiger partial charge on any atom is 0.286 e. The molecule has 9 heteroatoms. The van der Waals surface area contributed by atoms with Gasteiger partial charge < -0.3 is 19.3 Å². The van der Waals surface area contributed by atoms with Crippen LogP contribution in [0.4, 0.5) is 10.1 Å². The van der Waals surface area contributed by atoms with Gasteiger partial charge in [0, 0.05) is 36.8 Å². The Bertz CT molecular complexity index is 1370. The molecule has 1 fully saturated rings. The number of amides is 1. The molecule has 37 heavy (non-hydrogen) atoms. The first-order chi connectivity index (χ1) is 18.0. The standard InChI is InChI=1S/C28H25ClFN3O3S/c1-35-25-16-19(10-11-24(25)36-18-20-6-2-3-7-21(20)29)17-26-27(34)31-28(37-26)33-14-12-32(13-15-33)23-9-5-4-8-22(23)30/h2-11,16-17H,12-15,18H2,1H3/b26-17-. The minimum absolute atomic E-state index is 0.223. The van der Waals surface area contributed by atoms with Gasteiger partial charge in [-0.15, -0.1) is 0 Å². The summed E-state index contributed by atoms with van der Waals surface area (Å²) in [7, 11) is 1.58. The van der Waals surface area contributed by atoms with Crippen molar-refractivity contribution >= 4 is 46.2 Å². The lowest BCUT2D eigenvalue weighted by atomic mass is 10.2. The van der Waals surface area contributed by atoms with Crippen molar-refractivity contribution in [2.24, 2.45) is 4.99 Å². The summed E-state index contributed by atoms with van der Waals surface area (Å²) in [6, 6.07) is 19.8. The van der Waals surface area contributed by atoms with Gasteiger partial charge in [-0.2, -0.15) is 4.99 Å². The number of piperazine rings is 1. The Morgan fingerprint density at radius 2 is 1.73 bits per heavy atom. The smallest absolute Gasteiger partial charge is 0.286 e. The molecule has 0 saturated carbocycles. The predicted octanol–water partition coefficient (Wildman–Crippen LogP) is 5.86. The quantitative estimate of drug-likeness (QED) is 0.367. The number of rotatable bonds is 6. The van der Waals surface area contributed by atoms with Crippen molar-refractivity contribution in [2.75, 3.05) is 38.2 Å². The monoisotopic (exact) mass is 537 g/mol. The van der Waals surface area contributed by atoms with Crippen molar-refractivity contribution in [3.8, 4) is 11.5 Å². The molecule has 0 radical (unpaired) electrons. The fraction of sp³-hybridized carbons (Fsp3) is 0.214. The topological polar surface area (TPSA) is 54.4 Å². The van der Waals surface area contributed by atoms with Crippen LogP contribution in [0, 0.1) is 5.82 Å². The summed E-state index contributed by atoms with van der Waals surface area (Å²) in [6.07, 6.45) is 1.81. The number of aliphatic imine (C=N–C) groups is 1. The molecule has 1 saturated heterocycles. The lowest BCUT2D eigenvalue weighted by Crippen LogP contribution is -2.48. The van der Waals surface area contributed by atoms with Crippen molar-refractivity contribution < 1.29 is 18.7 Å². The molecular formula is C28H25ClFN3O3S. The van der Waals surface area contributed by atoms with E-state index >= 15 is 0 Å². The summed E-state index contributed by atoms with van der Waals surface area (Å²) in [5.41, 5.74) is 2.29. The molecule has 190 valence electrons. The van der Waals surface area contributed by atoms with Crippen LogP contribution in [0.15, 0.2) is 76.6 Å². The van der Waals surface area contributed by atoms with E-state index < -0.39 is 0 Å². The van der Waals surface area contributed by atoms with Crippen LogP contribution >= 0.6 is 23.4 Å². The number of para-hydroxylation sites is 1. The second-order valence-corrected chi connectivity index (χ2v) is 9.94. The number of methoxy groups -OCH3 is 1. The average Bonchev–Trinajstić information content (AvgIpc) is 3.28. The van der Waals surface area contributed by atoms with Crippen LogP contribution < -0.4 is 14.4 Å². The molecule has 5 rings (SSSR count). The number of amidine groups is 1. The van der Waals surface area contributed by atoms with Crippen LogP contribution in [-0.4, -0.2) is 49.3 Å². The first-order valence-electron chi connectivity index (χ1n) is 11.8. The van der Waals surface area contributed by atoms with Gasteiger partial charge in [0.05, 0.1) is 17.7 Å². The minimum atomic E-state index is -0.269. The zero-order chi connectivity index (χ0) is 25.8. The molecule has 6 nitrogen and oxygen atoms in total. The molecule has 0 aromatic heterocycles. The number of ether oxygens (including phenoxy) is 2. The molecule has 0 unspecified atom stereocenters. The van der Waals surface area contributed by atoms with E-state index in [-0.39, 0.29) is 11.7 Å². The summed E-state index contributed by atoms with van der Waals surface area (Å²) in [5.74, 6) is 0.649. The normalized spacial score (nSPS) is 16.8. The molecule has 0 bridgehead atoms. The zero-order valence-electron chi connectivity index (χ0n) is 20.2. The molecule has 2 heterocycles. The van der Waals surface area contributed by atoms with Gasteiger partial charge in [-0.25, -0.2) is 4.39 Å². The Kier molecular flexibility index (Phi) is 7.67. The Morgan fingerprint density at radius 1 is 1.00 bits per heavy atom. The second-order valence-electron chi connectivity index (χ2n) is 8.53. The molecule has 3 aromatic carbocycles. The molecule has 1 amide bonds. The number of halogens is 2. The van der Waals surface area contributed by atoms with Gasteiger partial charge in [-0.1, -0.05) is 48.0 Å². The first-order valence-corrected chi connectivity index (χ1v) is 13.0. The van der Waals surface area contributed by atoms with Gasteiger partial charge in [-0.3, -0.25) is 4.79 Å². The average molecular weight is 538 g/mol. The van der Waals surface area contributed by atoms with E-state index in [1.54, 1.807) is 25.3 Å². The van der Waals surface area contributed by atoms with Gasteiger partial charge >= 0.3 is 0 Å². The minimum Gasteiger partial charge on any atom is -0.493 e. The third-order valence-corrected chi connectivity index (χ3v) is 7.59. The first kappa shape index (κ1) is 25.2. The Labute approximate surface area is 224 Å². The molecule has 2 aliphatic rings. The van der Waals surface area contributed by atoms with Crippen LogP contribution in [-0.2, 0) is 11.4 Å². The van der Waals surface area contributed by atoms with E-state index in [9.17, 15) is 9.18 Å². The lowest BCUT2D eigenvalue weighted by Gasteiger charge is -2.36. The fourth-order valence-corrected chi connectivity index (χ4v) is 5.35. The van der Waals surface area contributed by atoms with Gasteiger partial charge in [0.15, 0.2) is 16.7 Å². The summed E-state index contributed by atoms with van der Waals surface area (Å²) in [6.45, 7) is 2.94. The predicted molar refractivity (Wildman–Crippen MR) is 147 cm³/mol. The summed E-state index contributed by atoms with van der Waals surface area (Å²) in [5, 5.41) is 1.32. The Balaban J connectivity index is 1.22. The lowest BCUT2D eigenvalue weighted by molar-refractivity contribution is -0.113. The van der Waals surface area contributed by atoms with E-state index in [2.05, 4.69) is 9.89 Å². The van der Waals surface area contributed by atoms with Crippen molar-refractivity contribution in [3.05, 3.63) is 93.6 Å². The molecule has 3 aromatic rings. The third kappa shape index (κ3) is 5.76. The van der Waals surface area contributed by atoms with Gasteiger partial charge in [0.25, 0.3) is 5.91 Å². The van der Waals surface area contributed by atoms with Gasteiger partial charge in [-0.05, 0) is 53.7 Å². The molecule has 0 spiro atoms. The number of carbonyl (C=O) groups excluding carboxylic acids is 1. The van der Waals surface area contributed by atoms with Gasteiger partial charge in [0.2, 0.25) is 0 Å². The van der Waals surface area contributed by atoms with E-state index in [1.165, 1.54) is 17.8 Å². The second kappa shape index (κ2) is 11.3. The van der Waals surface area contributed by atoms with Crippen LogP contribution in [0.3, 0.4) is 0 Å². The number of thioether (sulfide) groups is 1. The fourth-order valence-electron chi connectivity index (χ4n) is 4.20. The number of benzene rings is 3. The van der Waals surface area contributed by atoms with Crippen molar-refractivity contribution in [3.63, 3.8) is 0 Å². The largest absolute Gasteiger partial charge is 0.493 e. The zero-order valence-corrected chi connectivity index (χ0v) is 21.8. The van der Waals surface area contributed by atoms with Crippen molar-refractivity contribution in [1.82, 2.24) is 4.90 Å². The number of nitrogens with zero attached hydrogens (tertiary/aromatic N) is 3. The SMILES string of the molecule is COc1cc(/C=C2\SC(N3CCN(c4ccccc4F)CC3)=NC2=O)ccc1OCc1ccccc1Cl. The Hall–Kier alpha value is -3.49. The van der Waals surface area contributed by atoms with Crippen molar-refractivity contribution in [2.45, 2.75) is 6.61 Å². The van der Waals surface area contributed by atoms with Crippen LogP contribution in [0.2, 0.25) is 5.02 Å². The van der Waals surface area contributed by atoms with E-state index in [0.29, 0.717) is 65.1 Å². The van der Waals surface area contributed by atoms with E-state index in [1.807, 2.05) is 53.4 Å². The summed E-state index contributed by atoms with van der Waals surface area (Å²) < 4.78 is 25.6. The summed E-state index contributed by atoms with van der Waals surface area (Å²) >= 11 is 7.58. The maximum absolute atomic E-state index is 14.1. The molecule has 2 aliphatic heterocycles. The van der Waals surface area contributed by atoms with Crippen LogP contribution in [0.25, 0.3) is 6.08 Å². The number of anilines is 1. The van der Waals surface area contributed by atoms with Crippen LogP contribution in [0.5, 0.6) is 11.5 Å². The highest BCUT2D eigenvalue weighted by Crippen LogP contribution is 2.34. The number of hydrogen-bond acceptors (Lipinski definition) is 6. The van der Waals surface area contributed by atoms with Gasteiger partial charge in [0.1, 0.15) is 12.4 Å². The molecule has 0 atom stereocenters. The highest BCUT2D eigenvalue weighted by Gasteiger charge is 2.29. The van der Waals surface area contributed by atoms with E-state index in [0.717, 1.165) is 11.1 Å². The number of hydrogen-bond donors (Lipinski definition) is 0. The maximum atomic E-state index is 14.1. The van der Waals surface area contributed by atoms with E-state index in [4.69, 9.17) is 21.1 Å². The van der Waals surface area contributed by atoms with Crippen LogP contribution in [0.1, 0.15) is 11.1 Å². The Morgan fingerprint density at radius 3 is 2.49 bits per heavy atom. The molecule has 0 aliphatic carbocycles. The third-order valence-electron chi connectivity index (χ3n) is 6.18. The number of carbonyl (C=O) groups is 1. The molecular weight excluding hydrogens is 513 g/mol. The van der Waals surface area contributed by atoms with Crippen molar-refractivity contribution in [1.29, 1.82) is 0 Å².